The first kappa shape index (κ1) is 18.6. The molecule has 1 aromatic carbocycles. The fraction of sp³-hybridized carbons (Fsp3) is 0.533. The molecule has 134 valence electrons. The summed E-state index contributed by atoms with van der Waals surface area (Å²) in [6, 6.07) is 9.08. The van der Waals surface area contributed by atoms with Gasteiger partial charge in [-0.05, 0) is 5.56 Å². The molecule has 24 heavy (non-hydrogen) atoms. The van der Waals surface area contributed by atoms with Gasteiger partial charge in [0.2, 0.25) is 0 Å². The van der Waals surface area contributed by atoms with Crippen molar-refractivity contribution in [3.8, 4) is 0 Å². The van der Waals surface area contributed by atoms with Crippen LogP contribution in [-0.4, -0.2) is 70.6 Å². The van der Waals surface area contributed by atoms with E-state index in [1.807, 2.05) is 18.2 Å². The zero-order valence-corrected chi connectivity index (χ0v) is 12.8. The van der Waals surface area contributed by atoms with Crippen molar-refractivity contribution in [1.82, 2.24) is 5.32 Å². The Hall–Kier alpha value is -1.75. The van der Waals surface area contributed by atoms with E-state index in [9.17, 15) is 20.1 Å². The third kappa shape index (κ3) is 4.87. The Kier molecular flexibility index (Phi) is 6.91. The molecule has 0 saturated carbocycles. The second-order valence-electron chi connectivity index (χ2n) is 5.24. The normalized spacial score (nSPS) is 29.9. The number of carbonyl (C=O) groups excluding carboxylic acids is 1. The van der Waals surface area contributed by atoms with Crippen LogP contribution in [0.1, 0.15) is 5.56 Å². The van der Waals surface area contributed by atoms with Crippen LogP contribution in [0.2, 0.25) is 0 Å². The van der Waals surface area contributed by atoms with Gasteiger partial charge in [0.05, 0.1) is 6.61 Å². The molecule has 1 aromatic rings. The van der Waals surface area contributed by atoms with Crippen molar-refractivity contribution >= 4 is 6.09 Å². The highest BCUT2D eigenvalue weighted by molar-refractivity contribution is 5.66. The van der Waals surface area contributed by atoms with Crippen LogP contribution in [0.3, 0.4) is 0 Å². The molecule has 9 nitrogen and oxygen atoms in total. The zero-order chi connectivity index (χ0) is 17.5. The molecule has 1 aliphatic rings. The third-order valence-electron chi connectivity index (χ3n) is 3.55. The van der Waals surface area contributed by atoms with Crippen molar-refractivity contribution in [2.45, 2.75) is 37.3 Å². The van der Waals surface area contributed by atoms with E-state index in [0.717, 1.165) is 5.56 Å². The van der Waals surface area contributed by atoms with Gasteiger partial charge in [-0.2, -0.15) is 0 Å². The van der Waals surface area contributed by atoms with Gasteiger partial charge >= 0.3 is 6.09 Å². The number of aliphatic hydroxyl groups excluding tert-OH is 4. The summed E-state index contributed by atoms with van der Waals surface area (Å²) in [7, 11) is 0. The molecule has 5 atom stereocenters. The van der Waals surface area contributed by atoms with Crippen LogP contribution < -0.4 is 5.32 Å². The summed E-state index contributed by atoms with van der Waals surface area (Å²) in [4.78, 5) is 11.5. The van der Waals surface area contributed by atoms with E-state index in [1.54, 1.807) is 12.1 Å². The summed E-state index contributed by atoms with van der Waals surface area (Å²) in [5, 5.41) is 40.5. The molecule has 0 radical (unpaired) electrons. The molecule has 1 heterocycles. The number of benzene rings is 1. The number of aliphatic hydroxyl groups is 4. The number of amides is 1. The lowest BCUT2D eigenvalue weighted by atomic mass is 9.99. The molecule has 2 rings (SSSR count). The number of alkyl carbamates (subject to hydrolysis) is 1. The van der Waals surface area contributed by atoms with E-state index >= 15 is 0 Å². The highest BCUT2D eigenvalue weighted by atomic mass is 16.7. The predicted molar refractivity (Wildman–Crippen MR) is 79.5 cm³/mol. The number of rotatable bonds is 6. The Labute approximate surface area is 138 Å². The highest BCUT2D eigenvalue weighted by Gasteiger charge is 2.44. The molecule has 1 aliphatic heterocycles. The average Bonchev–Trinajstić information content (AvgIpc) is 2.60. The fourth-order valence-corrected chi connectivity index (χ4v) is 2.22. The topological polar surface area (TPSA) is 138 Å². The number of hydrogen-bond acceptors (Lipinski definition) is 8. The van der Waals surface area contributed by atoms with Crippen molar-refractivity contribution < 1.29 is 39.4 Å². The van der Waals surface area contributed by atoms with E-state index in [0.29, 0.717) is 0 Å². The molecular weight excluding hydrogens is 322 g/mol. The van der Waals surface area contributed by atoms with Gasteiger partial charge in [0.25, 0.3) is 0 Å². The number of carbonyl (C=O) groups is 1. The SMILES string of the molecule is O=C(NCO[C@H]1[C@@H](O)[C@H](O)[C@@H](CO)O[C@@H]1O)OCc1ccccc1. The molecule has 0 aromatic heterocycles. The van der Waals surface area contributed by atoms with Gasteiger partial charge in [0, 0.05) is 0 Å². The summed E-state index contributed by atoms with van der Waals surface area (Å²) in [5.41, 5.74) is 0.818. The Balaban J connectivity index is 1.72. The molecule has 9 heteroatoms. The van der Waals surface area contributed by atoms with Gasteiger partial charge in [0.15, 0.2) is 6.29 Å². The van der Waals surface area contributed by atoms with Crippen LogP contribution in [-0.2, 0) is 20.8 Å². The lowest BCUT2D eigenvalue weighted by Crippen LogP contribution is -2.59. The van der Waals surface area contributed by atoms with Gasteiger partial charge in [-0.25, -0.2) is 4.79 Å². The van der Waals surface area contributed by atoms with Crippen LogP contribution in [0.25, 0.3) is 0 Å². The van der Waals surface area contributed by atoms with Gasteiger partial charge in [0.1, 0.15) is 37.8 Å². The molecule has 0 aliphatic carbocycles. The van der Waals surface area contributed by atoms with Crippen molar-refractivity contribution in [2.24, 2.45) is 0 Å². The molecule has 1 fully saturated rings. The summed E-state index contributed by atoms with van der Waals surface area (Å²) in [6.07, 6.45) is -7.59. The van der Waals surface area contributed by atoms with Crippen molar-refractivity contribution in [1.29, 1.82) is 0 Å². The molecule has 1 saturated heterocycles. The lowest BCUT2D eigenvalue weighted by Gasteiger charge is -2.39. The minimum Gasteiger partial charge on any atom is -0.445 e. The van der Waals surface area contributed by atoms with Gasteiger partial charge < -0.3 is 34.6 Å². The fourth-order valence-electron chi connectivity index (χ4n) is 2.22. The third-order valence-corrected chi connectivity index (χ3v) is 3.55. The van der Waals surface area contributed by atoms with Gasteiger partial charge in [-0.3, -0.25) is 5.32 Å². The lowest BCUT2D eigenvalue weighted by molar-refractivity contribution is -0.296. The second-order valence-corrected chi connectivity index (χ2v) is 5.24. The molecule has 0 unspecified atom stereocenters. The van der Waals surface area contributed by atoms with Crippen LogP contribution in [0.15, 0.2) is 30.3 Å². The van der Waals surface area contributed by atoms with E-state index in [1.165, 1.54) is 0 Å². The Morgan fingerprint density at radius 3 is 2.54 bits per heavy atom. The molecule has 0 spiro atoms. The number of nitrogens with one attached hydrogen (secondary N) is 1. The standard InChI is InChI=1S/C15H21NO8/c17-6-10-11(18)12(19)13(14(20)24-10)23-8-16-15(21)22-7-9-4-2-1-3-5-9/h1-5,10-14,17-20H,6-8H2,(H,16,21)/t10-,11-,12+,13+,14+/m1/s1. The van der Waals surface area contributed by atoms with Crippen LogP contribution >= 0.6 is 0 Å². The van der Waals surface area contributed by atoms with Crippen LogP contribution in [0, 0.1) is 0 Å². The van der Waals surface area contributed by atoms with Gasteiger partial charge in [-0.15, -0.1) is 0 Å². The first-order valence-electron chi connectivity index (χ1n) is 7.39. The summed E-state index contributed by atoms with van der Waals surface area (Å²) in [6.45, 7) is -0.848. The monoisotopic (exact) mass is 343 g/mol. The van der Waals surface area contributed by atoms with Crippen LogP contribution in [0.5, 0.6) is 0 Å². The van der Waals surface area contributed by atoms with E-state index < -0.39 is 43.4 Å². The van der Waals surface area contributed by atoms with Crippen molar-refractivity contribution in [3.05, 3.63) is 35.9 Å². The van der Waals surface area contributed by atoms with E-state index in [-0.39, 0.29) is 13.3 Å². The summed E-state index contributed by atoms with van der Waals surface area (Å²) in [5.74, 6) is 0. The van der Waals surface area contributed by atoms with Crippen molar-refractivity contribution in [3.63, 3.8) is 0 Å². The molecule has 0 bridgehead atoms. The Morgan fingerprint density at radius 1 is 1.17 bits per heavy atom. The highest BCUT2D eigenvalue weighted by Crippen LogP contribution is 2.21. The first-order valence-corrected chi connectivity index (χ1v) is 7.39. The smallest absolute Gasteiger partial charge is 0.409 e. The minimum atomic E-state index is -1.55. The largest absolute Gasteiger partial charge is 0.445 e. The van der Waals surface area contributed by atoms with E-state index in [4.69, 9.17) is 19.3 Å². The molecule has 5 N–H and O–H groups in total. The minimum absolute atomic E-state index is 0.0847. The average molecular weight is 343 g/mol. The number of hydrogen-bond donors (Lipinski definition) is 5. The zero-order valence-electron chi connectivity index (χ0n) is 12.8. The maximum atomic E-state index is 11.5. The van der Waals surface area contributed by atoms with Crippen LogP contribution in [0.4, 0.5) is 4.79 Å². The Morgan fingerprint density at radius 2 is 1.88 bits per heavy atom. The molecule has 1 amide bonds. The molecular formula is C15H21NO8. The second kappa shape index (κ2) is 8.92. The quantitative estimate of drug-likeness (QED) is 0.401. The maximum Gasteiger partial charge on any atom is 0.409 e. The first-order chi connectivity index (χ1) is 11.5. The van der Waals surface area contributed by atoms with Gasteiger partial charge in [-0.1, -0.05) is 30.3 Å². The predicted octanol–water partition coefficient (Wildman–Crippen LogP) is -1.31. The van der Waals surface area contributed by atoms with E-state index in [2.05, 4.69) is 5.32 Å². The number of ether oxygens (including phenoxy) is 3. The summed E-state index contributed by atoms with van der Waals surface area (Å²) >= 11 is 0. The maximum absolute atomic E-state index is 11.5. The van der Waals surface area contributed by atoms with Crippen molar-refractivity contribution in [2.75, 3.05) is 13.3 Å². The summed E-state index contributed by atoms with van der Waals surface area (Å²) < 4.78 is 15.0. The Bertz CT molecular complexity index is 513.